The van der Waals surface area contributed by atoms with Crippen LogP contribution in [0, 0.1) is 0 Å². The molecule has 0 aliphatic carbocycles. The Labute approximate surface area is 89.4 Å². The Morgan fingerprint density at radius 1 is 1.62 bits per heavy atom. The lowest BCUT2D eigenvalue weighted by molar-refractivity contribution is -0.0431. The fourth-order valence-corrected chi connectivity index (χ4v) is 1.66. The van der Waals surface area contributed by atoms with Gasteiger partial charge in [-0.25, -0.2) is 0 Å². The Balaban J connectivity index is 2.40. The van der Waals surface area contributed by atoms with E-state index in [2.05, 4.69) is 11.8 Å². The molecule has 0 aromatic carbocycles. The van der Waals surface area contributed by atoms with Gasteiger partial charge in [-0.3, -0.25) is 4.90 Å². The second-order valence-electron chi connectivity index (χ2n) is 3.27. The van der Waals surface area contributed by atoms with Gasteiger partial charge in [-0.05, 0) is 6.92 Å². The monoisotopic (exact) mass is 223 g/mol. The summed E-state index contributed by atoms with van der Waals surface area (Å²) in [5.41, 5.74) is 1.55. The molecule has 0 saturated carbocycles. The van der Waals surface area contributed by atoms with E-state index < -0.39 is 0 Å². The van der Waals surface area contributed by atoms with Crippen molar-refractivity contribution in [3.63, 3.8) is 0 Å². The van der Waals surface area contributed by atoms with Gasteiger partial charge in [0.25, 0.3) is 0 Å². The summed E-state index contributed by atoms with van der Waals surface area (Å²) in [4.78, 5) is 2.31. The zero-order valence-corrected chi connectivity index (χ0v) is 9.26. The number of alkyl halides is 1. The minimum absolute atomic E-state index is 0.168. The van der Waals surface area contributed by atoms with E-state index in [0.717, 1.165) is 19.7 Å². The zero-order chi connectivity index (χ0) is 9.68. The molecule has 2 nitrogen and oxygen atoms in total. The van der Waals surface area contributed by atoms with Gasteiger partial charge in [0.05, 0.1) is 12.7 Å². The summed E-state index contributed by atoms with van der Waals surface area (Å²) in [5, 5.41) is 0. The highest BCUT2D eigenvalue weighted by atomic mass is 35.5. The molecule has 13 heavy (non-hydrogen) atoms. The summed E-state index contributed by atoms with van der Waals surface area (Å²) in [7, 11) is 0. The molecule has 1 fully saturated rings. The van der Waals surface area contributed by atoms with E-state index in [1.165, 1.54) is 0 Å². The molecular formula is C9H15Cl2NO. The van der Waals surface area contributed by atoms with E-state index in [4.69, 9.17) is 27.9 Å². The molecule has 1 rings (SSSR count). The van der Waals surface area contributed by atoms with E-state index in [1.54, 1.807) is 5.54 Å². The summed E-state index contributed by atoms with van der Waals surface area (Å²) < 4.78 is 5.52. The van der Waals surface area contributed by atoms with E-state index in [-0.39, 0.29) is 6.10 Å². The lowest BCUT2D eigenvalue weighted by atomic mass is 10.2. The number of rotatable bonds is 3. The SMILES string of the molecule is CC1COC(CCl)CN1C/C=C/Cl. The van der Waals surface area contributed by atoms with E-state index in [9.17, 15) is 0 Å². The summed E-state index contributed by atoms with van der Waals surface area (Å²) in [6.45, 7) is 4.67. The van der Waals surface area contributed by atoms with Crippen LogP contribution in [0.25, 0.3) is 0 Å². The van der Waals surface area contributed by atoms with Gasteiger partial charge < -0.3 is 4.74 Å². The Morgan fingerprint density at radius 3 is 3.00 bits per heavy atom. The molecule has 1 aliphatic rings. The number of nitrogens with zero attached hydrogens (tertiary/aromatic N) is 1. The van der Waals surface area contributed by atoms with Crippen molar-refractivity contribution in [1.82, 2.24) is 4.90 Å². The normalized spacial score (nSPS) is 31.3. The summed E-state index contributed by atoms with van der Waals surface area (Å²) in [5.74, 6) is 0.563. The predicted octanol–water partition coefficient (Wildman–Crippen LogP) is 2.07. The van der Waals surface area contributed by atoms with Gasteiger partial charge in [0, 0.05) is 30.5 Å². The van der Waals surface area contributed by atoms with Gasteiger partial charge in [-0.15, -0.1) is 11.6 Å². The molecule has 1 aliphatic heterocycles. The molecule has 1 saturated heterocycles. The van der Waals surface area contributed by atoms with Crippen molar-refractivity contribution in [1.29, 1.82) is 0 Å². The highest BCUT2D eigenvalue weighted by Gasteiger charge is 2.24. The lowest BCUT2D eigenvalue weighted by Gasteiger charge is -2.36. The van der Waals surface area contributed by atoms with Crippen molar-refractivity contribution < 1.29 is 4.74 Å². The second-order valence-corrected chi connectivity index (χ2v) is 3.83. The van der Waals surface area contributed by atoms with Crippen LogP contribution in [0.1, 0.15) is 6.92 Å². The standard InChI is InChI=1S/C9H15Cl2NO/c1-8-7-13-9(5-11)6-12(8)4-2-3-10/h2-3,8-9H,4-7H2,1H3/b3-2+. The molecule has 1 heterocycles. The van der Waals surface area contributed by atoms with Crippen LogP contribution >= 0.6 is 23.2 Å². The van der Waals surface area contributed by atoms with E-state index in [1.807, 2.05) is 6.08 Å². The average Bonchev–Trinajstić information content (AvgIpc) is 2.17. The number of hydrogen-bond acceptors (Lipinski definition) is 2. The van der Waals surface area contributed by atoms with Crippen molar-refractivity contribution >= 4 is 23.2 Å². The fourth-order valence-electron chi connectivity index (χ4n) is 1.40. The fraction of sp³-hybridized carbons (Fsp3) is 0.778. The smallest absolute Gasteiger partial charge is 0.0838 e. The molecule has 0 amide bonds. The first kappa shape index (κ1) is 11.3. The lowest BCUT2D eigenvalue weighted by Crippen LogP contribution is -2.48. The average molecular weight is 224 g/mol. The third-order valence-electron chi connectivity index (χ3n) is 2.24. The minimum Gasteiger partial charge on any atom is -0.374 e. The highest BCUT2D eigenvalue weighted by Crippen LogP contribution is 2.12. The maximum absolute atomic E-state index is 5.73. The molecule has 0 aromatic heterocycles. The van der Waals surface area contributed by atoms with Gasteiger partial charge in [0.15, 0.2) is 0 Å². The van der Waals surface area contributed by atoms with Gasteiger partial charge in [0.1, 0.15) is 0 Å². The second kappa shape index (κ2) is 5.86. The van der Waals surface area contributed by atoms with Crippen molar-refractivity contribution in [3.05, 3.63) is 11.6 Å². The van der Waals surface area contributed by atoms with Crippen LogP contribution in [0.15, 0.2) is 11.6 Å². The van der Waals surface area contributed by atoms with Crippen LogP contribution in [-0.2, 0) is 4.74 Å². The third-order valence-corrected chi connectivity index (χ3v) is 2.76. The summed E-state index contributed by atoms with van der Waals surface area (Å²) in [6, 6.07) is 0.451. The molecule has 0 bridgehead atoms. The van der Waals surface area contributed by atoms with Gasteiger partial charge >= 0.3 is 0 Å². The molecular weight excluding hydrogens is 209 g/mol. The topological polar surface area (TPSA) is 12.5 Å². The largest absolute Gasteiger partial charge is 0.374 e. The molecule has 0 radical (unpaired) electrons. The quantitative estimate of drug-likeness (QED) is 0.680. The van der Waals surface area contributed by atoms with Gasteiger partial charge in [-0.2, -0.15) is 0 Å². The number of hydrogen-bond donors (Lipinski definition) is 0. The van der Waals surface area contributed by atoms with Crippen LogP contribution in [-0.4, -0.2) is 42.6 Å². The van der Waals surface area contributed by atoms with Crippen LogP contribution in [0.3, 0.4) is 0 Å². The Bertz CT molecular complexity index is 175. The minimum atomic E-state index is 0.168. The number of halogens is 2. The van der Waals surface area contributed by atoms with Crippen molar-refractivity contribution in [2.75, 3.05) is 25.6 Å². The molecule has 4 heteroatoms. The zero-order valence-electron chi connectivity index (χ0n) is 7.75. The van der Waals surface area contributed by atoms with Crippen molar-refractivity contribution in [3.8, 4) is 0 Å². The summed E-state index contributed by atoms with van der Waals surface area (Å²) in [6.07, 6.45) is 2.11. The molecule has 0 aromatic rings. The molecule has 76 valence electrons. The van der Waals surface area contributed by atoms with E-state index in [0.29, 0.717) is 11.9 Å². The van der Waals surface area contributed by atoms with Gasteiger partial charge in [-0.1, -0.05) is 17.7 Å². The Morgan fingerprint density at radius 2 is 2.38 bits per heavy atom. The Kier molecular flexibility index (Phi) is 5.10. The maximum Gasteiger partial charge on any atom is 0.0838 e. The molecule has 2 atom stereocenters. The molecule has 0 N–H and O–H groups in total. The summed E-state index contributed by atoms with van der Waals surface area (Å²) >= 11 is 11.2. The Hall–Kier alpha value is 0.240. The first-order valence-corrected chi connectivity index (χ1v) is 5.42. The maximum atomic E-state index is 5.73. The van der Waals surface area contributed by atoms with E-state index >= 15 is 0 Å². The highest BCUT2D eigenvalue weighted by molar-refractivity contribution is 6.25. The molecule has 2 unspecified atom stereocenters. The van der Waals surface area contributed by atoms with Crippen LogP contribution in [0.2, 0.25) is 0 Å². The third kappa shape index (κ3) is 3.47. The van der Waals surface area contributed by atoms with Crippen molar-refractivity contribution in [2.24, 2.45) is 0 Å². The first-order chi connectivity index (χ1) is 6.27. The first-order valence-electron chi connectivity index (χ1n) is 4.44. The number of morpholine rings is 1. The van der Waals surface area contributed by atoms with Gasteiger partial charge in [0.2, 0.25) is 0 Å². The van der Waals surface area contributed by atoms with Crippen LogP contribution < -0.4 is 0 Å². The number of ether oxygens (including phenoxy) is 1. The molecule has 0 spiro atoms. The van der Waals surface area contributed by atoms with Crippen LogP contribution in [0.4, 0.5) is 0 Å². The predicted molar refractivity (Wildman–Crippen MR) is 56.5 cm³/mol. The van der Waals surface area contributed by atoms with Crippen LogP contribution in [0.5, 0.6) is 0 Å². The van der Waals surface area contributed by atoms with Crippen molar-refractivity contribution in [2.45, 2.75) is 19.1 Å².